The molecule has 1 heterocycles. The van der Waals surface area contributed by atoms with Gasteiger partial charge >= 0.3 is 0 Å². The van der Waals surface area contributed by atoms with E-state index in [2.05, 4.69) is 10.2 Å². The summed E-state index contributed by atoms with van der Waals surface area (Å²) in [4.78, 5) is 15.6. The number of nitrogens with one attached hydrogen (secondary N) is 1. The maximum atomic E-state index is 13.9. The highest BCUT2D eigenvalue weighted by Crippen LogP contribution is 2.65. The summed E-state index contributed by atoms with van der Waals surface area (Å²) in [5, 5.41) is 2.90. The van der Waals surface area contributed by atoms with E-state index in [1.807, 2.05) is 12.1 Å². The van der Waals surface area contributed by atoms with E-state index in [-0.39, 0.29) is 17.5 Å². The number of benzene rings is 2. The number of ether oxygens (including phenoxy) is 1. The predicted molar refractivity (Wildman–Crippen MR) is 83.3 cm³/mol. The lowest BCUT2D eigenvalue weighted by Crippen LogP contribution is -2.21. The molecule has 0 bridgehead atoms. The van der Waals surface area contributed by atoms with Gasteiger partial charge in [-0.15, -0.1) is 0 Å². The average molecular weight is 308 g/mol. The van der Waals surface area contributed by atoms with Gasteiger partial charge in [0.15, 0.2) is 0 Å². The molecule has 0 unspecified atom stereocenters. The lowest BCUT2D eigenvalue weighted by Gasteiger charge is -2.10. The second-order valence-electron chi connectivity index (χ2n) is 5.92. The molecule has 2 atom stereocenters. The number of hydrogen-bond donors (Lipinski definition) is 1. The van der Waals surface area contributed by atoms with Crippen molar-refractivity contribution in [2.24, 2.45) is 0 Å². The Morgan fingerprint density at radius 1 is 1.35 bits per heavy atom. The minimum absolute atomic E-state index is 0.00129. The maximum Gasteiger partial charge on any atom is 0.235 e. The fourth-order valence-electron chi connectivity index (χ4n) is 3.53. The van der Waals surface area contributed by atoms with Crippen LogP contribution in [0.5, 0.6) is 5.75 Å². The number of carbonyl (C=O) groups is 1. The van der Waals surface area contributed by atoms with E-state index in [1.165, 1.54) is 12.1 Å². The standard InChI is InChI=1S/C18H13FN2O2/c1-20-16-5-3-10(7-14(16)19)13-9-18(13)12-8-11(23-2)4-6-15(12)21-17(18)22/h3-8,13H,9H2,2H3,(H,21,22)/t13-,18-/m0/s1. The second kappa shape index (κ2) is 4.56. The zero-order chi connectivity index (χ0) is 16.2. The normalized spacial score (nSPS) is 24.0. The molecule has 2 aromatic rings. The summed E-state index contributed by atoms with van der Waals surface area (Å²) in [5.41, 5.74) is 1.80. The molecule has 1 amide bonds. The van der Waals surface area contributed by atoms with Gasteiger partial charge in [-0.3, -0.25) is 4.79 Å². The smallest absolute Gasteiger partial charge is 0.235 e. The first-order valence-electron chi connectivity index (χ1n) is 7.27. The Hall–Kier alpha value is -2.87. The van der Waals surface area contributed by atoms with Gasteiger partial charge in [-0.2, -0.15) is 0 Å². The third kappa shape index (κ3) is 1.78. The average Bonchev–Trinajstić information content (AvgIpc) is 3.25. The highest BCUT2D eigenvalue weighted by Gasteiger charge is 2.65. The van der Waals surface area contributed by atoms with Gasteiger partial charge < -0.3 is 10.1 Å². The molecule has 1 spiro atoms. The third-order valence-electron chi connectivity index (χ3n) is 4.82. The van der Waals surface area contributed by atoms with Crippen molar-refractivity contribution in [1.82, 2.24) is 0 Å². The van der Waals surface area contributed by atoms with Crippen LogP contribution in [0.2, 0.25) is 0 Å². The number of halogens is 1. The molecular formula is C18H13FN2O2. The van der Waals surface area contributed by atoms with Gasteiger partial charge in [0.2, 0.25) is 11.6 Å². The van der Waals surface area contributed by atoms with Gasteiger partial charge in [0.1, 0.15) is 11.6 Å². The molecule has 5 heteroatoms. The number of fused-ring (bicyclic) bond motifs is 2. The van der Waals surface area contributed by atoms with Crippen LogP contribution in [0, 0.1) is 12.4 Å². The predicted octanol–water partition coefficient (Wildman–Crippen LogP) is 3.76. The SMILES string of the molecule is [C-]#[N+]c1ccc([C@@H]2C[C@@]23C(=O)Nc2ccc(OC)cc23)cc1F. The molecule has 23 heavy (non-hydrogen) atoms. The molecule has 4 nitrogen and oxygen atoms in total. The largest absolute Gasteiger partial charge is 0.497 e. The lowest BCUT2D eigenvalue weighted by atomic mass is 9.92. The topological polar surface area (TPSA) is 42.7 Å². The zero-order valence-electron chi connectivity index (χ0n) is 12.4. The highest BCUT2D eigenvalue weighted by atomic mass is 19.1. The van der Waals surface area contributed by atoms with E-state index in [1.54, 1.807) is 19.2 Å². The third-order valence-corrected chi connectivity index (χ3v) is 4.82. The van der Waals surface area contributed by atoms with Crippen LogP contribution in [-0.2, 0) is 10.2 Å². The van der Waals surface area contributed by atoms with E-state index in [0.717, 1.165) is 16.8 Å². The van der Waals surface area contributed by atoms with E-state index >= 15 is 0 Å². The Labute approximate surface area is 132 Å². The molecule has 2 aromatic carbocycles. The van der Waals surface area contributed by atoms with E-state index in [0.29, 0.717) is 12.2 Å². The zero-order valence-corrected chi connectivity index (χ0v) is 12.4. The van der Waals surface area contributed by atoms with Crippen LogP contribution in [0.4, 0.5) is 15.8 Å². The number of hydrogen-bond acceptors (Lipinski definition) is 2. The Morgan fingerprint density at radius 3 is 2.87 bits per heavy atom. The summed E-state index contributed by atoms with van der Waals surface area (Å²) in [6.45, 7) is 6.92. The maximum absolute atomic E-state index is 13.9. The summed E-state index contributed by atoms with van der Waals surface area (Å²) >= 11 is 0. The molecule has 1 aliphatic carbocycles. The molecular weight excluding hydrogens is 295 g/mol. The molecule has 0 saturated heterocycles. The van der Waals surface area contributed by atoms with Crippen molar-refractivity contribution in [3.63, 3.8) is 0 Å². The molecule has 0 aromatic heterocycles. The van der Waals surface area contributed by atoms with Crippen molar-refractivity contribution >= 4 is 17.3 Å². The van der Waals surface area contributed by atoms with Crippen LogP contribution in [0.25, 0.3) is 4.85 Å². The van der Waals surface area contributed by atoms with Gasteiger partial charge in [-0.1, -0.05) is 12.1 Å². The number of carbonyl (C=O) groups excluding carboxylic acids is 1. The fourth-order valence-corrected chi connectivity index (χ4v) is 3.53. The minimum atomic E-state index is -0.643. The fraction of sp³-hybridized carbons (Fsp3) is 0.222. The number of rotatable bonds is 2. The summed E-state index contributed by atoms with van der Waals surface area (Å²) in [6, 6.07) is 10.1. The molecule has 1 fully saturated rings. The van der Waals surface area contributed by atoms with E-state index < -0.39 is 11.2 Å². The Kier molecular flexibility index (Phi) is 2.73. The lowest BCUT2D eigenvalue weighted by molar-refractivity contribution is -0.118. The molecule has 114 valence electrons. The van der Waals surface area contributed by atoms with Crippen LogP contribution in [0.3, 0.4) is 0 Å². The number of anilines is 1. The van der Waals surface area contributed by atoms with Crippen molar-refractivity contribution in [2.75, 3.05) is 12.4 Å². The molecule has 0 radical (unpaired) electrons. The van der Waals surface area contributed by atoms with Crippen LogP contribution in [0.1, 0.15) is 23.5 Å². The first-order valence-corrected chi connectivity index (χ1v) is 7.27. The van der Waals surface area contributed by atoms with E-state index in [9.17, 15) is 9.18 Å². The van der Waals surface area contributed by atoms with Crippen LogP contribution in [-0.4, -0.2) is 13.0 Å². The molecule has 1 saturated carbocycles. The summed E-state index contributed by atoms with van der Waals surface area (Å²) in [5.74, 6) is 0.0224. The van der Waals surface area contributed by atoms with Gasteiger partial charge in [0.25, 0.3) is 0 Å². The van der Waals surface area contributed by atoms with Crippen molar-refractivity contribution in [3.8, 4) is 5.75 Å². The Morgan fingerprint density at radius 2 is 2.17 bits per heavy atom. The quantitative estimate of drug-likeness (QED) is 0.858. The van der Waals surface area contributed by atoms with Gasteiger partial charge in [0, 0.05) is 11.6 Å². The van der Waals surface area contributed by atoms with Crippen molar-refractivity contribution in [2.45, 2.75) is 17.8 Å². The molecule has 1 aliphatic heterocycles. The number of amides is 1. The second-order valence-corrected chi connectivity index (χ2v) is 5.92. The molecule has 2 aliphatic rings. The van der Waals surface area contributed by atoms with Crippen molar-refractivity contribution in [1.29, 1.82) is 0 Å². The van der Waals surface area contributed by atoms with Crippen LogP contribution < -0.4 is 10.1 Å². The monoisotopic (exact) mass is 308 g/mol. The number of nitrogens with zero attached hydrogens (tertiary/aromatic N) is 1. The van der Waals surface area contributed by atoms with Gasteiger partial charge in [-0.25, -0.2) is 9.24 Å². The highest BCUT2D eigenvalue weighted by molar-refractivity contribution is 6.09. The molecule has 4 rings (SSSR count). The van der Waals surface area contributed by atoms with Crippen molar-refractivity contribution < 1.29 is 13.9 Å². The van der Waals surface area contributed by atoms with Crippen molar-refractivity contribution in [3.05, 3.63) is 64.8 Å². The first-order chi connectivity index (χ1) is 11.1. The van der Waals surface area contributed by atoms with E-state index in [4.69, 9.17) is 11.3 Å². The van der Waals surface area contributed by atoms with Gasteiger partial charge in [-0.05, 0) is 41.8 Å². The first kappa shape index (κ1) is 13.8. The Bertz CT molecular complexity index is 887. The summed E-state index contributed by atoms with van der Waals surface area (Å²) < 4.78 is 19.1. The summed E-state index contributed by atoms with van der Waals surface area (Å²) in [6.07, 6.45) is 0.635. The Balaban J connectivity index is 1.77. The van der Waals surface area contributed by atoms with Crippen LogP contribution in [0.15, 0.2) is 36.4 Å². The van der Waals surface area contributed by atoms with Gasteiger partial charge in [0.05, 0.1) is 19.1 Å². The van der Waals surface area contributed by atoms with Crippen LogP contribution >= 0.6 is 0 Å². The number of methoxy groups -OCH3 is 1. The summed E-state index contributed by atoms with van der Waals surface area (Å²) in [7, 11) is 1.58. The molecule has 1 N–H and O–H groups in total. The minimum Gasteiger partial charge on any atom is -0.497 e.